The molecule has 0 radical (unpaired) electrons. The molecule has 0 bridgehead atoms. The first kappa shape index (κ1) is 13.7. The molecule has 7 nitrogen and oxygen atoms in total. The highest BCUT2D eigenvalue weighted by molar-refractivity contribution is 5.94. The van der Waals surface area contributed by atoms with E-state index in [9.17, 15) is 19.5 Å². The molecule has 2 fully saturated rings. The fourth-order valence-corrected chi connectivity index (χ4v) is 3.13. The van der Waals surface area contributed by atoms with Gasteiger partial charge in [0, 0.05) is 37.7 Å². The predicted molar refractivity (Wildman–Crippen MR) is 73.9 cm³/mol. The molecule has 1 aromatic rings. The number of aromatic amines is 1. The summed E-state index contributed by atoms with van der Waals surface area (Å²) in [6, 6.07) is 2.60. The normalized spacial score (nSPS) is 25.1. The summed E-state index contributed by atoms with van der Waals surface area (Å²) in [6.45, 7) is 1.10. The van der Waals surface area contributed by atoms with Gasteiger partial charge >= 0.3 is 0 Å². The Morgan fingerprint density at radius 3 is 2.86 bits per heavy atom. The zero-order chi connectivity index (χ0) is 15.0. The minimum Gasteiger partial charge on any atom is -0.494 e. The Labute approximate surface area is 121 Å². The molecule has 0 spiro atoms. The molecule has 1 aromatic heterocycles. The van der Waals surface area contributed by atoms with Gasteiger partial charge in [-0.05, 0) is 18.8 Å². The highest BCUT2D eigenvalue weighted by atomic mass is 16.3. The molecular formula is C14H17N3O4. The van der Waals surface area contributed by atoms with Crippen LogP contribution < -0.4 is 10.9 Å². The van der Waals surface area contributed by atoms with Gasteiger partial charge in [-0.25, -0.2) is 0 Å². The minimum absolute atomic E-state index is 0.0792. The van der Waals surface area contributed by atoms with Gasteiger partial charge in [-0.2, -0.15) is 0 Å². The summed E-state index contributed by atoms with van der Waals surface area (Å²) < 4.78 is 0. The maximum absolute atomic E-state index is 12.4. The molecule has 2 aliphatic rings. The van der Waals surface area contributed by atoms with Crippen molar-refractivity contribution in [1.29, 1.82) is 0 Å². The molecule has 21 heavy (non-hydrogen) atoms. The van der Waals surface area contributed by atoms with Crippen LogP contribution in [0.5, 0.6) is 5.88 Å². The minimum atomic E-state index is -0.502. The Morgan fingerprint density at radius 2 is 2.10 bits per heavy atom. The van der Waals surface area contributed by atoms with E-state index in [1.807, 2.05) is 0 Å². The molecule has 3 rings (SSSR count). The lowest BCUT2D eigenvalue weighted by Crippen LogP contribution is -2.55. The zero-order valence-electron chi connectivity index (χ0n) is 11.5. The SMILES string of the molecule is O=C1CCC2CN(C(=O)c3cc(O)[nH]c(=O)c3)CCC2N1. The molecule has 0 aliphatic carbocycles. The number of rotatable bonds is 1. The fraction of sp³-hybridized carbons (Fsp3) is 0.500. The average molecular weight is 291 g/mol. The second-order valence-corrected chi connectivity index (χ2v) is 5.63. The van der Waals surface area contributed by atoms with Crippen LogP contribution in [-0.2, 0) is 4.79 Å². The van der Waals surface area contributed by atoms with Crippen molar-refractivity contribution in [3.05, 3.63) is 28.0 Å². The molecule has 3 heterocycles. The third-order valence-electron chi connectivity index (χ3n) is 4.19. The second kappa shape index (κ2) is 5.23. The van der Waals surface area contributed by atoms with Gasteiger partial charge in [-0.3, -0.25) is 19.4 Å². The summed E-state index contributed by atoms with van der Waals surface area (Å²) in [5, 5.41) is 12.3. The van der Waals surface area contributed by atoms with Crippen molar-refractivity contribution in [3.63, 3.8) is 0 Å². The van der Waals surface area contributed by atoms with Crippen molar-refractivity contribution < 1.29 is 14.7 Å². The Hall–Kier alpha value is -2.31. The second-order valence-electron chi connectivity index (χ2n) is 5.63. The average Bonchev–Trinajstić information content (AvgIpc) is 2.45. The molecule has 112 valence electrons. The molecule has 3 N–H and O–H groups in total. The Bertz CT molecular complexity index is 639. The number of likely N-dealkylation sites (tertiary alicyclic amines) is 1. The van der Waals surface area contributed by atoms with Crippen molar-refractivity contribution in [1.82, 2.24) is 15.2 Å². The monoisotopic (exact) mass is 291 g/mol. The largest absolute Gasteiger partial charge is 0.494 e. The highest BCUT2D eigenvalue weighted by Gasteiger charge is 2.35. The first-order chi connectivity index (χ1) is 10.0. The van der Waals surface area contributed by atoms with Gasteiger partial charge in [0.25, 0.3) is 11.5 Å². The maximum atomic E-state index is 12.4. The molecular weight excluding hydrogens is 274 g/mol. The van der Waals surface area contributed by atoms with E-state index in [2.05, 4.69) is 10.3 Å². The number of piperidine rings is 2. The Morgan fingerprint density at radius 1 is 1.29 bits per heavy atom. The van der Waals surface area contributed by atoms with Crippen LogP contribution in [0.1, 0.15) is 29.6 Å². The molecule has 0 saturated carbocycles. The summed E-state index contributed by atoms with van der Waals surface area (Å²) in [7, 11) is 0. The Kier molecular flexibility index (Phi) is 3.40. The van der Waals surface area contributed by atoms with Crippen LogP contribution in [-0.4, -0.2) is 45.9 Å². The van der Waals surface area contributed by atoms with Gasteiger partial charge in [0.15, 0.2) is 5.88 Å². The summed E-state index contributed by atoms with van der Waals surface area (Å²) in [5.74, 6) is -0.232. The number of pyridine rings is 1. The first-order valence-electron chi connectivity index (χ1n) is 7.05. The number of carbonyl (C=O) groups excluding carboxylic acids is 2. The summed E-state index contributed by atoms with van der Waals surface area (Å²) in [5.41, 5.74) is -0.312. The number of aromatic hydroxyl groups is 1. The van der Waals surface area contributed by atoms with E-state index in [1.54, 1.807) is 4.90 Å². The number of carbonyl (C=O) groups is 2. The lowest BCUT2D eigenvalue weighted by molar-refractivity contribution is -0.125. The van der Waals surface area contributed by atoms with Crippen molar-refractivity contribution >= 4 is 11.8 Å². The van der Waals surface area contributed by atoms with E-state index in [0.717, 1.165) is 12.8 Å². The fourth-order valence-electron chi connectivity index (χ4n) is 3.13. The van der Waals surface area contributed by atoms with Crippen molar-refractivity contribution in [2.45, 2.75) is 25.3 Å². The van der Waals surface area contributed by atoms with Crippen LogP contribution in [0, 0.1) is 5.92 Å². The van der Waals surface area contributed by atoms with Gasteiger partial charge in [-0.1, -0.05) is 0 Å². The molecule has 2 amide bonds. The standard InChI is InChI=1S/C14H17N3O4/c18-11-2-1-8-7-17(4-3-10(8)15-11)14(21)9-5-12(19)16-13(20)6-9/h5-6,8,10H,1-4,7H2,(H,15,18)(H2,16,19,20). The van der Waals surface area contributed by atoms with Gasteiger partial charge in [0.1, 0.15) is 0 Å². The number of aromatic nitrogens is 1. The molecule has 7 heteroatoms. The topological polar surface area (TPSA) is 102 Å². The smallest absolute Gasteiger partial charge is 0.254 e. The molecule has 0 aromatic carbocycles. The first-order valence-corrected chi connectivity index (χ1v) is 7.05. The number of fused-ring (bicyclic) bond motifs is 1. The zero-order valence-corrected chi connectivity index (χ0v) is 11.5. The van der Waals surface area contributed by atoms with Crippen LogP contribution in [0.25, 0.3) is 0 Å². The van der Waals surface area contributed by atoms with Crippen LogP contribution in [0.3, 0.4) is 0 Å². The van der Waals surface area contributed by atoms with E-state index < -0.39 is 5.56 Å². The van der Waals surface area contributed by atoms with E-state index in [0.29, 0.717) is 19.5 Å². The van der Waals surface area contributed by atoms with Crippen molar-refractivity contribution in [3.8, 4) is 5.88 Å². The van der Waals surface area contributed by atoms with Gasteiger partial charge in [0.05, 0.1) is 5.56 Å². The Balaban J connectivity index is 1.74. The third kappa shape index (κ3) is 2.76. The van der Waals surface area contributed by atoms with Crippen LogP contribution >= 0.6 is 0 Å². The summed E-state index contributed by atoms with van der Waals surface area (Å²) in [6.07, 6.45) is 1.99. The maximum Gasteiger partial charge on any atom is 0.254 e. The molecule has 2 atom stereocenters. The number of nitrogens with zero attached hydrogens (tertiary/aromatic N) is 1. The van der Waals surface area contributed by atoms with Crippen molar-refractivity contribution in [2.24, 2.45) is 5.92 Å². The van der Waals surface area contributed by atoms with E-state index in [-0.39, 0.29) is 35.2 Å². The van der Waals surface area contributed by atoms with Crippen molar-refractivity contribution in [2.75, 3.05) is 13.1 Å². The van der Waals surface area contributed by atoms with E-state index >= 15 is 0 Å². The quantitative estimate of drug-likeness (QED) is 0.668. The number of hydrogen-bond donors (Lipinski definition) is 3. The molecule has 2 saturated heterocycles. The van der Waals surface area contributed by atoms with Crippen LogP contribution in [0.15, 0.2) is 16.9 Å². The van der Waals surface area contributed by atoms with Gasteiger partial charge in [-0.15, -0.1) is 0 Å². The van der Waals surface area contributed by atoms with Crippen LogP contribution in [0.2, 0.25) is 0 Å². The number of nitrogens with one attached hydrogen (secondary N) is 2. The predicted octanol–water partition coefficient (Wildman–Crippen LogP) is -0.179. The summed E-state index contributed by atoms with van der Waals surface area (Å²) in [4.78, 5) is 39.0. The van der Waals surface area contributed by atoms with Gasteiger partial charge < -0.3 is 15.3 Å². The van der Waals surface area contributed by atoms with E-state index in [4.69, 9.17) is 0 Å². The number of hydrogen-bond acceptors (Lipinski definition) is 4. The third-order valence-corrected chi connectivity index (χ3v) is 4.19. The molecule has 2 aliphatic heterocycles. The number of amides is 2. The lowest BCUT2D eigenvalue weighted by atomic mass is 9.85. The van der Waals surface area contributed by atoms with Gasteiger partial charge in [0.2, 0.25) is 5.91 Å². The van der Waals surface area contributed by atoms with E-state index in [1.165, 1.54) is 12.1 Å². The lowest BCUT2D eigenvalue weighted by Gasteiger charge is -2.41. The number of H-pyrrole nitrogens is 1. The highest BCUT2D eigenvalue weighted by Crippen LogP contribution is 2.26. The summed E-state index contributed by atoms with van der Waals surface area (Å²) >= 11 is 0. The van der Waals surface area contributed by atoms with Crippen LogP contribution in [0.4, 0.5) is 0 Å². The molecule has 2 unspecified atom stereocenters.